The van der Waals surface area contributed by atoms with Crippen LogP contribution in [0.25, 0.3) is 11.0 Å². The molecule has 132 valence electrons. The van der Waals surface area contributed by atoms with E-state index in [1.54, 1.807) is 6.07 Å². The van der Waals surface area contributed by atoms with Gasteiger partial charge in [-0.2, -0.15) is 0 Å². The van der Waals surface area contributed by atoms with Crippen LogP contribution in [-0.2, 0) is 6.54 Å². The van der Waals surface area contributed by atoms with Crippen LogP contribution < -0.4 is 10.9 Å². The van der Waals surface area contributed by atoms with Crippen molar-refractivity contribution in [1.82, 2.24) is 19.8 Å². The third-order valence-corrected chi connectivity index (χ3v) is 5.65. The standard InChI is InChI=1S/C18H17N5O2S/c24-16-6-2-5-15-12-7-11(9-23(15)16)8-22(10-12)18(26)19-13-3-1-4-14-17(13)21-25-20-14/h1-6,11-12H,7-10H2,(H,19,26)/t11-,12+/m1/s1. The molecule has 2 aromatic heterocycles. The lowest BCUT2D eigenvalue weighted by atomic mass is 9.83. The van der Waals surface area contributed by atoms with Crippen LogP contribution >= 0.6 is 12.2 Å². The molecule has 7 nitrogen and oxygen atoms in total. The molecule has 2 aliphatic heterocycles. The number of anilines is 1. The van der Waals surface area contributed by atoms with Gasteiger partial charge in [-0.3, -0.25) is 4.79 Å². The summed E-state index contributed by atoms with van der Waals surface area (Å²) in [5, 5.41) is 11.8. The maximum atomic E-state index is 12.1. The van der Waals surface area contributed by atoms with Crippen molar-refractivity contribution < 1.29 is 4.63 Å². The van der Waals surface area contributed by atoms with E-state index >= 15 is 0 Å². The number of likely N-dealkylation sites (tertiary alicyclic amines) is 1. The van der Waals surface area contributed by atoms with E-state index in [1.807, 2.05) is 28.8 Å². The van der Waals surface area contributed by atoms with E-state index in [2.05, 4.69) is 26.6 Å². The SMILES string of the molecule is O=c1cccc2n1C[C@@H]1C[C@H]2CN(C(=S)Nc2cccc3nonc23)C1. The van der Waals surface area contributed by atoms with Gasteiger partial charge < -0.3 is 14.8 Å². The lowest BCUT2D eigenvalue weighted by Crippen LogP contribution is -2.50. The summed E-state index contributed by atoms with van der Waals surface area (Å²) >= 11 is 5.66. The van der Waals surface area contributed by atoms with Gasteiger partial charge in [0.25, 0.3) is 5.56 Å². The van der Waals surface area contributed by atoms with Crippen molar-refractivity contribution in [2.24, 2.45) is 5.92 Å². The van der Waals surface area contributed by atoms with Crippen molar-refractivity contribution in [3.8, 4) is 0 Å². The van der Waals surface area contributed by atoms with Crippen LogP contribution in [0.15, 0.2) is 45.8 Å². The average Bonchev–Trinajstić information content (AvgIpc) is 3.12. The molecular weight excluding hydrogens is 350 g/mol. The van der Waals surface area contributed by atoms with Crippen molar-refractivity contribution in [3.05, 3.63) is 52.4 Å². The van der Waals surface area contributed by atoms with Crippen LogP contribution in [0.5, 0.6) is 0 Å². The zero-order chi connectivity index (χ0) is 17.7. The highest BCUT2D eigenvalue weighted by atomic mass is 32.1. The highest BCUT2D eigenvalue weighted by Gasteiger charge is 2.35. The Bertz CT molecular complexity index is 1060. The van der Waals surface area contributed by atoms with Gasteiger partial charge >= 0.3 is 0 Å². The maximum absolute atomic E-state index is 12.1. The highest BCUT2D eigenvalue weighted by Crippen LogP contribution is 2.35. The minimum atomic E-state index is 0.0940. The van der Waals surface area contributed by atoms with Gasteiger partial charge in [0.1, 0.15) is 5.52 Å². The van der Waals surface area contributed by atoms with Crippen molar-refractivity contribution in [3.63, 3.8) is 0 Å². The molecule has 0 radical (unpaired) electrons. The maximum Gasteiger partial charge on any atom is 0.250 e. The Balaban J connectivity index is 1.40. The van der Waals surface area contributed by atoms with Crippen molar-refractivity contribution in [1.29, 1.82) is 0 Å². The highest BCUT2D eigenvalue weighted by molar-refractivity contribution is 7.80. The largest absolute Gasteiger partial charge is 0.348 e. The van der Waals surface area contributed by atoms with E-state index in [1.165, 1.54) is 0 Å². The Morgan fingerprint density at radius 1 is 1.15 bits per heavy atom. The number of thiocarbonyl (C=S) groups is 1. The molecule has 26 heavy (non-hydrogen) atoms. The molecule has 0 saturated carbocycles. The number of aromatic nitrogens is 3. The van der Waals surface area contributed by atoms with Crippen LogP contribution in [0.4, 0.5) is 5.69 Å². The second-order valence-corrected chi connectivity index (χ2v) is 7.36. The van der Waals surface area contributed by atoms with Crippen LogP contribution in [0.3, 0.4) is 0 Å². The predicted octanol–water partition coefficient (Wildman–Crippen LogP) is 2.20. The Labute approximate surface area is 154 Å². The number of rotatable bonds is 1. The molecule has 5 rings (SSSR count). The Hall–Kier alpha value is -2.74. The summed E-state index contributed by atoms with van der Waals surface area (Å²) < 4.78 is 6.74. The van der Waals surface area contributed by atoms with Crippen LogP contribution in [-0.4, -0.2) is 38.0 Å². The summed E-state index contributed by atoms with van der Waals surface area (Å²) in [6.45, 7) is 2.41. The number of fused-ring (bicyclic) bond motifs is 5. The molecule has 1 fully saturated rings. The number of hydrogen-bond acceptors (Lipinski definition) is 5. The number of piperidine rings is 1. The quantitative estimate of drug-likeness (QED) is 0.661. The smallest absolute Gasteiger partial charge is 0.250 e. The molecule has 8 heteroatoms. The van der Waals surface area contributed by atoms with Gasteiger partial charge in [0.2, 0.25) is 0 Å². The van der Waals surface area contributed by atoms with E-state index in [0.29, 0.717) is 28.0 Å². The summed E-state index contributed by atoms with van der Waals surface area (Å²) in [4.78, 5) is 14.3. The van der Waals surface area contributed by atoms with Gasteiger partial charge in [-0.25, -0.2) is 4.63 Å². The number of hydrogen-bond donors (Lipinski definition) is 1. The third kappa shape index (κ3) is 2.48. The zero-order valence-corrected chi connectivity index (χ0v) is 14.8. The van der Waals surface area contributed by atoms with Gasteiger partial charge in [0, 0.05) is 37.3 Å². The Morgan fingerprint density at radius 2 is 2.04 bits per heavy atom. The molecule has 0 spiro atoms. The molecule has 2 bridgehead atoms. The lowest BCUT2D eigenvalue weighted by molar-refractivity contribution is 0.180. The number of nitrogens with zero attached hydrogens (tertiary/aromatic N) is 4. The van der Waals surface area contributed by atoms with Gasteiger partial charge in [0.15, 0.2) is 10.6 Å². The average molecular weight is 367 g/mol. The van der Waals surface area contributed by atoms with Crippen molar-refractivity contribution in [2.75, 3.05) is 18.4 Å². The number of nitrogens with one attached hydrogen (secondary N) is 1. The van der Waals surface area contributed by atoms with Crippen LogP contribution in [0.2, 0.25) is 0 Å². The van der Waals surface area contributed by atoms with Crippen molar-refractivity contribution >= 4 is 34.1 Å². The molecule has 4 heterocycles. The molecule has 2 atom stereocenters. The van der Waals surface area contributed by atoms with Gasteiger partial charge in [-0.15, -0.1) is 0 Å². The zero-order valence-electron chi connectivity index (χ0n) is 14.0. The van der Waals surface area contributed by atoms with Crippen LogP contribution in [0, 0.1) is 5.92 Å². The number of pyridine rings is 1. The van der Waals surface area contributed by atoms with E-state index in [9.17, 15) is 4.79 Å². The van der Waals surface area contributed by atoms with Gasteiger partial charge in [-0.1, -0.05) is 12.1 Å². The minimum Gasteiger partial charge on any atom is -0.348 e. The topological polar surface area (TPSA) is 76.2 Å². The number of benzene rings is 1. The summed E-state index contributed by atoms with van der Waals surface area (Å²) in [5.41, 5.74) is 3.37. The third-order valence-electron chi connectivity index (χ3n) is 5.29. The fourth-order valence-electron chi connectivity index (χ4n) is 4.16. The second-order valence-electron chi connectivity index (χ2n) is 6.97. The van der Waals surface area contributed by atoms with Crippen LogP contribution in [0.1, 0.15) is 18.0 Å². The van der Waals surface area contributed by atoms with E-state index < -0.39 is 0 Å². The van der Waals surface area contributed by atoms with E-state index in [0.717, 1.165) is 37.4 Å². The molecular formula is C18H17N5O2S. The minimum absolute atomic E-state index is 0.0940. The fourth-order valence-corrected chi connectivity index (χ4v) is 4.42. The Kier molecular flexibility index (Phi) is 3.53. The first kappa shape index (κ1) is 15.5. The fraction of sp³-hybridized carbons (Fsp3) is 0.333. The van der Waals surface area contributed by atoms with Gasteiger partial charge in [0.05, 0.1) is 5.69 Å². The second kappa shape index (κ2) is 5.91. The molecule has 0 unspecified atom stereocenters. The summed E-state index contributed by atoms with van der Waals surface area (Å²) in [5.74, 6) is 0.742. The molecule has 2 aliphatic rings. The summed E-state index contributed by atoms with van der Waals surface area (Å²) in [6, 6.07) is 11.2. The molecule has 0 amide bonds. The van der Waals surface area contributed by atoms with E-state index in [-0.39, 0.29) is 5.56 Å². The summed E-state index contributed by atoms with van der Waals surface area (Å²) in [7, 11) is 0. The molecule has 1 N–H and O–H groups in total. The molecule has 0 aliphatic carbocycles. The van der Waals surface area contributed by atoms with Gasteiger partial charge in [-0.05, 0) is 53.1 Å². The normalized spacial score (nSPS) is 21.5. The first-order valence-electron chi connectivity index (χ1n) is 8.66. The monoisotopic (exact) mass is 367 g/mol. The first-order valence-corrected chi connectivity index (χ1v) is 9.07. The molecule has 1 aromatic carbocycles. The predicted molar refractivity (Wildman–Crippen MR) is 101 cm³/mol. The molecule has 1 saturated heterocycles. The molecule has 3 aromatic rings. The van der Waals surface area contributed by atoms with E-state index in [4.69, 9.17) is 16.8 Å². The Morgan fingerprint density at radius 3 is 2.96 bits per heavy atom. The summed E-state index contributed by atoms with van der Waals surface area (Å²) in [6.07, 6.45) is 1.10. The first-order chi connectivity index (χ1) is 12.7. The lowest BCUT2D eigenvalue weighted by Gasteiger charge is -2.43. The van der Waals surface area contributed by atoms with Crippen molar-refractivity contribution in [2.45, 2.75) is 18.9 Å².